The van der Waals surface area contributed by atoms with Crippen LogP contribution in [0.3, 0.4) is 0 Å². The van der Waals surface area contributed by atoms with E-state index in [1.54, 1.807) is 40.6 Å². The van der Waals surface area contributed by atoms with Crippen molar-refractivity contribution < 1.29 is 24.2 Å². The van der Waals surface area contributed by atoms with Crippen molar-refractivity contribution in [2.24, 2.45) is 5.16 Å². The van der Waals surface area contributed by atoms with Crippen molar-refractivity contribution >= 4 is 16.5 Å². The highest BCUT2D eigenvalue weighted by Gasteiger charge is 2.23. The Kier molecular flexibility index (Phi) is 6.33. The average molecular weight is 359 g/mol. The Labute approximate surface area is 153 Å². The molecule has 2 rings (SSSR count). The summed E-state index contributed by atoms with van der Waals surface area (Å²) in [6.45, 7) is 3.97. The van der Waals surface area contributed by atoms with E-state index < -0.39 is 0 Å². The molecule has 0 heterocycles. The molecule has 2 aromatic rings. The Morgan fingerprint density at radius 3 is 1.96 bits per heavy atom. The van der Waals surface area contributed by atoms with Crippen molar-refractivity contribution in [3.05, 3.63) is 35.4 Å². The molecule has 0 amide bonds. The van der Waals surface area contributed by atoms with Gasteiger partial charge in [-0.2, -0.15) is 0 Å². The molecular weight excluding hydrogens is 334 g/mol. The van der Waals surface area contributed by atoms with Gasteiger partial charge in [0.25, 0.3) is 0 Å². The molecule has 0 atom stereocenters. The molecule has 26 heavy (non-hydrogen) atoms. The highest BCUT2D eigenvalue weighted by molar-refractivity contribution is 6.12. The van der Waals surface area contributed by atoms with Crippen LogP contribution >= 0.6 is 0 Å². The lowest BCUT2D eigenvalue weighted by Gasteiger charge is -2.19. The van der Waals surface area contributed by atoms with Crippen molar-refractivity contribution in [2.75, 3.05) is 28.4 Å². The summed E-state index contributed by atoms with van der Waals surface area (Å²) in [5.41, 5.74) is 2.22. The Morgan fingerprint density at radius 1 is 0.923 bits per heavy atom. The van der Waals surface area contributed by atoms with E-state index in [1.807, 2.05) is 26.0 Å². The molecule has 1 N–H and O–H groups in total. The summed E-state index contributed by atoms with van der Waals surface area (Å²) in [5, 5.41) is 14.5. The molecule has 0 unspecified atom stereocenters. The Morgan fingerprint density at radius 2 is 1.50 bits per heavy atom. The zero-order valence-corrected chi connectivity index (χ0v) is 16.0. The molecule has 0 bridgehead atoms. The van der Waals surface area contributed by atoms with Gasteiger partial charge in [-0.1, -0.05) is 16.8 Å². The van der Waals surface area contributed by atoms with Crippen molar-refractivity contribution in [2.45, 2.75) is 20.3 Å². The van der Waals surface area contributed by atoms with Gasteiger partial charge in [0.15, 0.2) is 0 Å². The van der Waals surface area contributed by atoms with Gasteiger partial charge in [-0.15, -0.1) is 0 Å². The number of benzene rings is 2. The van der Waals surface area contributed by atoms with Crippen LogP contribution in [-0.2, 0) is 0 Å². The summed E-state index contributed by atoms with van der Waals surface area (Å²) in [6.07, 6.45) is 2.43. The van der Waals surface area contributed by atoms with Crippen LogP contribution in [0.1, 0.15) is 25.8 Å². The van der Waals surface area contributed by atoms with Crippen LogP contribution in [0.2, 0.25) is 0 Å². The molecule has 0 fully saturated rings. The monoisotopic (exact) mass is 359 g/mol. The van der Waals surface area contributed by atoms with Crippen LogP contribution in [-0.4, -0.2) is 39.4 Å². The SMILES string of the molecule is COc1ccc(OC)c2c(OC)c(C(CC=C(C)C)=NO)cc(OC)c12. The maximum Gasteiger partial charge on any atom is 0.140 e. The van der Waals surface area contributed by atoms with Crippen molar-refractivity contribution in [1.29, 1.82) is 0 Å². The first-order chi connectivity index (χ1) is 12.5. The van der Waals surface area contributed by atoms with E-state index in [-0.39, 0.29) is 0 Å². The topological polar surface area (TPSA) is 69.5 Å². The van der Waals surface area contributed by atoms with E-state index in [9.17, 15) is 5.21 Å². The fourth-order valence-electron chi connectivity index (χ4n) is 2.87. The Bertz CT molecular complexity index is 851. The number of hydrogen-bond donors (Lipinski definition) is 1. The molecule has 0 radical (unpaired) electrons. The second-order valence-corrected chi connectivity index (χ2v) is 5.91. The van der Waals surface area contributed by atoms with Crippen molar-refractivity contribution in [3.8, 4) is 23.0 Å². The quantitative estimate of drug-likeness (QED) is 0.343. The van der Waals surface area contributed by atoms with Gasteiger partial charge >= 0.3 is 0 Å². The predicted octanol–water partition coefficient (Wildman–Crippen LogP) is 4.41. The summed E-state index contributed by atoms with van der Waals surface area (Å²) < 4.78 is 22.3. The molecule has 0 aliphatic rings. The molecule has 2 aromatic carbocycles. The minimum absolute atomic E-state index is 0.455. The first kappa shape index (κ1) is 19.4. The summed E-state index contributed by atoms with van der Waals surface area (Å²) in [6, 6.07) is 5.41. The number of nitrogens with zero attached hydrogens (tertiary/aromatic N) is 1. The number of methoxy groups -OCH3 is 4. The van der Waals surface area contributed by atoms with Gasteiger partial charge in [-0.3, -0.25) is 0 Å². The lowest BCUT2D eigenvalue weighted by molar-refractivity contribution is 0.318. The second kappa shape index (κ2) is 8.47. The van der Waals surface area contributed by atoms with Crippen LogP contribution < -0.4 is 18.9 Å². The predicted molar refractivity (Wildman–Crippen MR) is 103 cm³/mol. The van der Waals surface area contributed by atoms with Gasteiger partial charge in [0.2, 0.25) is 0 Å². The Balaban J connectivity index is 2.91. The maximum absolute atomic E-state index is 9.58. The number of ether oxygens (including phenoxy) is 4. The highest BCUT2D eigenvalue weighted by atomic mass is 16.5. The minimum Gasteiger partial charge on any atom is -0.496 e. The second-order valence-electron chi connectivity index (χ2n) is 5.91. The third-order valence-electron chi connectivity index (χ3n) is 4.12. The molecule has 0 spiro atoms. The minimum atomic E-state index is 0.455. The van der Waals surface area contributed by atoms with E-state index in [1.165, 1.54) is 0 Å². The van der Waals surface area contributed by atoms with Gasteiger partial charge in [-0.25, -0.2) is 0 Å². The van der Waals surface area contributed by atoms with Gasteiger partial charge in [0.1, 0.15) is 23.0 Å². The normalized spacial score (nSPS) is 11.2. The fourth-order valence-corrected chi connectivity index (χ4v) is 2.87. The third-order valence-corrected chi connectivity index (χ3v) is 4.12. The zero-order chi connectivity index (χ0) is 19.3. The van der Waals surface area contributed by atoms with Crippen molar-refractivity contribution in [1.82, 2.24) is 0 Å². The standard InChI is InChI=1S/C20H25NO5/c1-12(2)7-8-14(21-22)13-11-17(25-5)18-15(23-3)9-10-16(24-4)19(18)20(13)26-6/h7,9-11,22H,8H2,1-6H3. The van der Waals surface area contributed by atoms with Crippen LogP contribution in [0.4, 0.5) is 0 Å². The van der Waals surface area contributed by atoms with Gasteiger partial charge in [0.05, 0.1) is 44.9 Å². The number of hydrogen-bond acceptors (Lipinski definition) is 6. The number of rotatable bonds is 7. The highest BCUT2D eigenvalue weighted by Crippen LogP contribution is 2.46. The van der Waals surface area contributed by atoms with E-state index in [4.69, 9.17) is 18.9 Å². The summed E-state index contributed by atoms with van der Waals surface area (Å²) in [7, 11) is 6.33. The fraction of sp³-hybridized carbons (Fsp3) is 0.350. The number of allylic oxidation sites excluding steroid dienone is 2. The molecule has 0 saturated carbocycles. The van der Waals surface area contributed by atoms with Crippen LogP contribution in [0.15, 0.2) is 35.0 Å². The van der Waals surface area contributed by atoms with Gasteiger partial charge in [0, 0.05) is 12.0 Å². The van der Waals surface area contributed by atoms with E-state index in [2.05, 4.69) is 5.16 Å². The zero-order valence-electron chi connectivity index (χ0n) is 16.0. The molecule has 0 aliphatic carbocycles. The van der Waals surface area contributed by atoms with Crippen LogP contribution in [0.25, 0.3) is 10.8 Å². The molecule has 0 aromatic heterocycles. The van der Waals surface area contributed by atoms with Gasteiger partial charge < -0.3 is 24.2 Å². The number of oxime groups is 1. The van der Waals surface area contributed by atoms with Crippen molar-refractivity contribution in [3.63, 3.8) is 0 Å². The Hall–Kier alpha value is -2.89. The summed E-state index contributed by atoms with van der Waals surface area (Å²) in [5.74, 6) is 2.35. The maximum atomic E-state index is 9.58. The first-order valence-electron chi connectivity index (χ1n) is 8.16. The van der Waals surface area contributed by atoms with E-state index >= 15 is 0 Å². The smallest absolute Gasteiger partial charge is 0.140 e. The summed E-state index contributed by atoms with van der Waals surface area (Å²) in [4.78, 5) is 0. The third kappa shape index (κ3) is 3.54. The average Bonchev–Trinajstić information content (AvgIpc) is 2.66. The molecule has 0 saturated heterocycles. The van der Waals surface area contributed by atoms with Crippen LogP contribution in [0.5, 0.6) is 23.0 Å². The lowest BCUT2D eigenvalue weighted by Crippen LogP contribution is -2.06. The van der Waals surface area contributed by atoms with Gasteiger partial charge in [-0.05, 0) is 32.0 Å². The van der Waals surface area contributed by atoms with Crippen LogP contribution in [0, 0.1) is 0 Å². The van der Waals surface area contributed by atoms with E-state index in [0.29, 0.717) is 46.1 Å². The number of fused-ring (bicyclic) bond motifs is 1. The summed E-state index contributed by atoms with van der Waals surface area (Å²) >= 11 is 0. The lowest BCUT2D eigenvalue weighted by atomic mass is 9.97. The molecule has 6 nitrogen and oxygen atoms in total. The largest absolute Gasteiger partial charge is 0.496 e. The molecular formula is C20H25NO5. The molecule has 0 aliphatic heterocycles. The van der Waals surface area contributed by atoms with E-state index in [0.717, 1.165) is 11.0 Å². The first-order valence-corrected chi connectivity index (χ1v) is 8.16. The molecule has 140 valence electrons. The molecule has 6 heteroatoms.